The standard InChI is InChI=1S/C20H26O8/c1-8-4-10(21)15(24)17(2)9(8)5-11-19-7-27-18(3,16(25)13(23)14(17)19)20(19,26)6-12(22)28-11/h4,9,11,13-16,23-26H,5-7H2,1-3H3/t9-,11+,13+,14+,15+,16-,17-,18+,19+,20+/m0/s1. The van der Waals surface area contributed by atoms with E-state index in [0.717, 1.165) is 5.57 Å². The highest BCUT2D eigenvalue weighted by Gasteiger charge is 2.86. The number of carbonyl (C=O) groups is 2. The number of fused-ring (bicyclic) bond motifs is 2. The summed E-state index contributed by atoms with van der Waals surface area (Å²) in [6.07, 6.45) is -3.70. The monoisotopic (exact) mass is 394 g/mol. The lowest BCUT2D eigenvalue weighted by atomic mass is 9.37. The molecule has 1 spiro atoms. The van der Waals surface area contributed by atoms with Gasteiger partial charge in [-0.05, 0) is 32.3 Å². The third kappa shape index (κ3) is 1.61. The zero-order valence-corrected chi connectivity index (χ0v) is 16.1. The van der Waals surface area contributed by atoms with Crippen LogP contribution in [-0.2, 0) is 19.1 Å². The Balaban J connectivity index is 1.81. The molecule has 4 fully saturated rings. The highest BCUT2D eigenvalue weighted by molar-refractivity contribution is 5.96. The van der Waals surface area contributed by atoms with Crippen molar-refractivity contribution in [3.63, 3.8) is 0 Å². The van der Waals surface area contributed by atoms with Crippen molar-refractivity contribution in [3.8, 4) is 0 Å². The third-order valence-corrected chi connectivity index (χ3v) is 8.88. The Labute approximate surface area is 162 Å². The zero-order chi connectivity index (χ0) is 20.4. The van der Waals surface area contributed by atoms with E-state index in [2.05, 4.69) is 0 Å². The number of allylic oxidation sites excluding steroid dienone is 1. The molecule has 2 saturated heterocycles. The molecule has 0 radical (unpaired) electrons. The molecule has 10 atom stereocenters. The first-order valence-electron chi connectivity index (χ1n) is 9.77. The largest absolute Gasteiger partial charge is 0.461 e. The second-order valence-electron chi connectivity index (χ2n) is 9.71. The molecule has 2 heterocycles. The Morgan fingerprint density at radius 2 is 1.86 bits per heavy atom. The minimum Gasteiger partial charge on any atom is -0.461 e. The molecule has 3 aliphatic carbocycles. The molecule has 0 unspecified atom stereocenters. The van der Waals surface area contributed by atoms with Crippen LogP contribution in [0.3, 0.4) is 0 Å². The Kier molecular flexibility index (Phi) is 3.37. The molecule has 2 bridgehead atoms. The van der Waals surface area contributed by atoms with E-state index in [1.54, 1.807) is 13.8 Å². The number of hydrogen-bond donors (Lipinski definition) is 4. The van der Waals surface area contributed by atoms with Crippen LogP contribution in [0, 0.1) is 22.7 Å². The molecule has 0 aromatic heterocycles. The van der Waals surface area contributed by atoms with Gasteiger partial charge in [0.25, 0.3) is 0 Å². The number of ketones is 1. The van der Waals surface area contributed by atoms with E-state index in [4.69, 9.17) is 9.47 Å². The highest BCUT2D eigenvalue weighted by Crippen LogP contribution is 2.73. The van der Waals surface area contributed by atoms with Crippen LogP contribution >= 0.6 is 0 Å². The first kappa shape index (κ1) is 18.7. The first-order valence-corrected chi connectivity index (χ1v) is 9.77. The number of aliphatic hydroxyl groups is 4. The van der Waals surface area contributed by atoms with Gasteiger partial charge in [0.1, 0.15) is 29.5 Å². The van der Waals surface area contributed by atoms with E-state index in [0.29, 0.717) is 6.42 Å². The van der Waals surface area contributed by atoms with Crippen LogP contribution in [0.25, 0.3) is 0 Å². The quantitative estimate of drug-likeness (QED) is 0.388. The number of aliphatic hydroxyl groups excluding tert-OH is 3. The Bertz CT molecular complexity index is 823. The molecule has 0 amide bonds. The molecular formula is C20H26O8. The molecular weight excluding hydrogens is 368 g/mol. The molecule has 5 rings (SSSR count). The Morgan fingerprint density at radius 1 is 1.18 bits per heavy atom. The van der Waals surface area contributed by atoms with E-state index in [-0.39, 0.29) is 18.9 Å². The van der Waals surface area contributed by atoms with Crippen LogP contribution < -0.4 is 0 Å². The van der Waals surface area contributed by atoms with Crippen molar-refractivity contribution < 1.29 is 39.5 Å². The van der Waals surface area contributed by atoms with Crippen molar-refractivity contribution in [2.75, 3.05) is 6.61 Å². The van der Waals surface area contributed by atoms with Crippen LogP contribution in [0.2, 0.25) is 0 Å². The average Bonchev–Trinajstić information content (AvgIpc) is 2.79. The van der Waals surface area contributed by atoms with Gasteiger partial charge >= 0.3 is 5.97 Å². The minimum absolute atomic E-state index is 0.0390. The topological polar surface area (TPSA) is 134 Å². The molecule has 154 valence electrons. The number of esters is 1. The minimum atomic E-state index is -1.78. The maximum Gasteiger partial charge on any atom is 0.309 e. The SMILES string of the molecule is CC1=CC(=O)[C@@H](O)[C@]2(C)[C@H]3[C@@H](O)[C@H](O)[C@@]4(C)OC[C@@]35[C@@H](C[C@@H]12)OC(=O)C[C@]54O. The van der Waals surface area contributed by atoms with E-state index in [1.807, 2.05) is 0 Å². The van der Waals surface area contributed by atoms with Crippen molar-refractivity contribution >= 4 is 11.8 Å². The predicted octanol–water partition coefficient (Wildman–Crippen LogP) is -0.924. The van der Waals surface area contributed by atoms with Crippen LogP contribution in [0.5, 0.6) is 0 Å². The summed E-state index contributed by atoms with van der Waals surface area (Å²) in [7, 11) is 0. The van der Waals surface area contributed by atoms with Crippen LogP contribution in [0.1, 0.15) is 33.6 Å². The molecule has 8 heteroatoms. The van der Waals surface area contributed by atoms with Gasteiger partial charge in [0.05, 0.1) is 24.5 Å². The van der Waals surface area contributed by atoms with Crippen molar-refractivity contribution in [3.05, 3.63) is 11.6 Å². The lowest BCUT2D eigenvalue weighted by Gasteiger charge is -2.69. The smallest absolute Gasteiger partial charge is 0.309 e. The van der Waals surface area contributed by atoms with Gasteiger partial charge in [-0.3, -0.25) is 9.59 Å². The van der Waals surface area contributed by atoms with Crippen LogP contribution in [0.15, 0.2) is 11.6 Å². The number of rotatable bonds is 0. The fourth-order valence-corrected chi connectivity index (χ4v) is 7.49. The predicted molar refractivity (Wildman–Crippen MR) is 92.7 cm³/mol. The van der Waals surface area contributed by atoms with E-state index in [1.165, 1.54) is 13.0 Å². The lowest BCUT2D eigenvalue weighted by Crippen LogP contribution is -2.83. The first-order chi connectivity index (χ1) is 12.9. The average molecular weight is 394 g/mol. The van der Waals surface area contributed by atoms with Crippen molar-refractivity contribution in [2.45, 2.75) is 69.2 Å². The summed E-state index contributed by atoms with van der Waals surface area (Å²) < 4.78 is 11.6. The Hall–Kier alpha value is -1.32. The van der Waals surface area contributed by atoms with E-state index < -0.39 is 64.1 Å². The van der Waals surface area contributed by atoms with Gasteiger partial charge in [-0.25, -0.2) is 0 Å². The molecule has 4 N–H and O–H groups in total. The Morgan fingerprint density at radius 3 is 2.54 bits per heavy atom. The van der Waals surface area contributed by atoms with Gasteiger partial charge in [0, 0.05) is 11.3 Å². The van der Waals surface area contributed by atoms with Gasteiger partial charge < -0.3 is 29.9 Å². The zero-order valence-electron chi connectivity index (χ0n) is 16.1. The van der Waals surface area contributed by atoms with Crippen molar-refractivity contribution in [2.24, 2.45) is 22.7 Å². The van der Waals surface area contributed by atoms with E-state index >= 15 is 0 Å². The van der Waals surface area contributed by atoms with Gasteiger partial charge in [0.15, 0.2) is 5.78 Å². The van der Waals surface area contributed by atoms with E-state index in [9.17, 15) is 30.0 Å². The molecule has 5 aliphatic rings. The molecule has 2 saturated carbocycles. The fraction of sp³-hybridized carbons (Fsp3) is 0.800. The second-order valence-corrected chi connectivity index (χ2v) is 9.71. The summed E-state index contributed by atoms with van der Waals surface area (Å²) in [4.78, 5) is 24.9. The van der Waals surface area contributed by atoms with Gasteiger partial charge in [-0.2, -0.15) is 0 Å². The summed E-state index contributed by atoms with van der Waals surface area (Å²) in [5, 5.41) is 45.0. The van der Waals surface area contributed by atoms with Crippen LogP contribution in [-0.4, -0.2) is 74.4 Å². The number of hydrogen-bond acceptors (Lipinski definition) is 8. The second kappa shape index (κ2) is 5.05. The van der Waals surface area contributed by atoms with Gasteiger partial charge in [0.2, 0.25) is 0 Å². The highest BCUT2D eigenvalue weighted by atomic mass is 16.6. The number of ether oxygens (including phenoxy) is 2. The summed E-state index contributed by atoms with van der Waals surface area (Å²) in [5.41, 5.74) is -4.99. The molecule has 28 heavy (non-hydrogen) atoms. The third-order valence-electron chi connectivity index (χ3n) is 8.88. The maximum absolute atomic E-state index is 12.5. The maximum atomic E-state index is 12.5. The fourth-order valence-electron chi connectivity index (χ4n) is 7.49. The molecule has 0 aromatic carbocycles. The van der Waals surface area contributed by atoms with Crippen molar-refractivity contribution in [1.82, 2.24) is 0 Å². The van der Waals surface area contributed by atoms with Gasteiger partial charge in [-0.15, -0.1) is 0 Å². The summed E-state index contributed by atoms with van der Waals surface area (Å²) >= 11 is 0. The lowest BCUT2D eigenvalue weighted by molar-refractivity contribution is -0.330. The molecule has 2 aliphatic heterocycles. The molecule has 0 aromatic rings. The summed E-state index contributed by atoms with van der Waals surface area (Å²) in [6.45, 7) is 4.97. The summed E-state index contributed by atoms with van der Waals surface area (Å²) in [5.74, 6) is -2.31. The van der Waals surface area contributed by atoms with Crippen molar-refractivity contribution in [1.29, 1.82) is 0 Å². The normalized spacial score (nSPS) is 59.9. The van der Waals surface area contributed by atoms with Gasteiger partial charge in [-0.1, -0.05) is 12.5 Å². The summed E-state index contributed by atoms with van der Waals surface area (Å²) in [6, 6.07) is 0. The van der Waals surface area contributed by atoms with Crippen LogP contribution in [0.4, 0.5) is 0 Å². The number of carbonyl (C=O) groups excluding carboxylic acids is 2. The molecule has 8 nitrogen and oxygen atoms in total.